The Morgan fingerprint density at radius 2 is 2.42 bits per heavy atom. The van der Waals surface area contributed by atoms with Gasteiger partial charge >= 0.3 is 6.03 Å². The zero-order valence-corrected chi connectivity index (χ0v) is 8.07. The Labute approximate surface area is 76.0 Å². The van der Waals surface area contributed by atoms with Gasteiger partial charge in [-0.25, -0.2) is 4.79 Å². The van der Waals surface area contributed by atoms with Crippen LogP contribution in [0.3, 0.4) is 0 Å². The fourth-order valence-electron chi connectivity index (χ4n) is 0.822. The maximum absolute atomic E-state index is 10.4. The number of hydrogen-bond donors (Lipinski definition) is 2. The summed E-state index contributed by atoms with van der Waals surface area (Å²) in [7, 11) is 0. The highest BCUT2D eigenvalue weighted by atomic mass is 32.2. The lowest BCUT2D eigenvalue weighted by Gasteiger charge is -2.26. The van der Waals surface area contributed by atoms with Crippen LogP contribution in [0.4, 0.5) is 4.79 Å². The minimum atomic E-state index is -0.541. The molecule has 0 fully saturated rings. The van der Waals surface area contributed by atoms with Crippen LogP contribution in [-0.2, 0) is 0 Å². The summed E-state index contributed by atoms with van der Waals surface area (Å²) in [6, 6.07) is -0.541. The molecule has 0 aliphatic carbocycles. The Morgan fingerprint density at radius 1 is 1.75 bits per heavy atom. The molecule has 5 heteroatoms. The van der Waals surface area contributed by atoms with E-state index in [0.717, 1.165) is 12.3 Å². The van der Waals surface area contributed by atoms with Gasteiger partial charge in [-0.3, -0.25) is 10.3 Å². The van der Waals surface area contributed by atoms with E-state index in [1.807, 2.05) is 0 Å². The maximum Gasteiger partial charge on any atom is 0.318 e. The lowest BCUT2D eigenvalue weighted by atomic mass is 9.97. The van der Waals surface area contributed by atoms with Gasteiger partial charge in [0.05, 0.1) is 0 Å². The molecule has 0 aromatic carbocycles. The largest absolute Gasteiger partial charge is 0.351 e. The molecule has 0 spiro atoms. The van der Waals surface area contributed by atoms with Crippen LogP contribution in [0.1, 0.15) is 13.8 Å². The zero-order valence-electron chi connectivity index (χ0n) is 7.26. The normalized spacial score (nSPS) is 21.3. The van der Waals surface area contributed by atoms with Crippen LogP contribution in [0.5, 0.6) is 0 Å². The van der Waals surface area contributed by atoms with E-state index in [1.54, 1.807) is 0 Å². The molecule has 2 amide bonds. The summed E-state index contributed by atoms with van der Waals surface area (Å²) in [6.07, 6.45) is 0. The molecule has 68 valence electrons. The van der Waals surface area contributed by atoms with Crippen LogP contribution in [0, 0.1) is 5.41 Å². The number of rotatable bonds is 0. The van der Waals surface area contributed by atoms with Crippen molar-refractivity contribution >= 4 is 23.0 Å². The van der Waals surface area contributed by atoms with E-state index < -0.39 is 6.03 Å². The van der Waals surface area contributed by atoms with Gasteiger partial charge in [0.1, 0.15) is 0 Å². The Balaban J connectivity index is 2.50. The molecule has 12 heavy (non-hydrogen) atoms. The molecule has 1 aliphatic heterocycles. The third-order valence-corrected chi connectivity index (χ3v) is 2.91. The van der Waals surface area contributed by atoms with Crippen molar-refractivity contribution in [1.82, 2.24) is 5.32 Å². The van der Waals surface area contributed by atoms with E-state index in [0.29, 0.717) is 5.17 Å². The molecule has 0 radical (unpaired) electrons. The van der Waals surface area contributed by atoms with Gasteiger partial charge in [-0.2, -0.15) is 0 Å². The molecule has 4 nitrogen and oxygen atoms in total. The van der Waals surface area contributed by atoms with Crippen LogP contribution in [0.15, 0.2) is 4.99 Å². The average molecular weight is 187 g/mol. The molecule has 0 atom stereocenters. The van der Waals surface area contributed by atoms with Crippen molar-refractivity contribution in [3.8, 4) is 0 Å². The first-order chi connectivity index (χ1) is 5.49. The number of aliphatic imine (C=N–C) groups is 1. The average Bonchev–Trinajstić information content (AvgIpc) is 1.93. The predicted molar refractivity (Wildman–Crippen MR) is 51.3 cm³/mol. The van der Waals surface area contributed by atoms with E-state index >= 15 is 0 Å². The van der Waals surface area contributed by atoms with Gasteiger partial charge in [-0.15, -0.1) is 0 Å². The van der Waals surface area contributed by atoms with Gasteiger partial charge in [-0.1, -0.05) is 25.6 Å². The number of urea groups is 1. The monoisotopic (exact) mass is 187 g/mol. The second-order valence-electron chi connectivity index (χ2n) is 3.56. The molecule has 1 rings (SSSR count). The lowest BCUT2D eigenvalue weighted by Crippen LogP contribution is -2.37. The maximum atomic E-state index is 10.4. The van der Waals surface area contributed by atoms with Gasteiger partial charge in [0, 0.05) is 12.3 Å². The van der Waals surface area contributed by atoms with E-state index in [1.165, 1.54) is 11.8 Å². The topological polar surface area (TPSA) is 67.5 Å². The van der Waals surface area contributed by atoms with E-state index in [9.17, 15) is 4.79 Å². The third kappa shape index (κ3) is 2.73. The van der Waals surface area contributed by atoms with Gasteiger partial charge in [0.25, 0.3) is 0 Å². The number of nitrogens with two attached hydrogens (primary N) is 1. The number of nitrogens with one attached hydrogen (secondary N) is 1. The molecule has 0 saturated carbocycles. The lowest BCUT2D eigenvalue weighted by molar-refractivity contribution is 0.253. The first-order valence-corrected chi connectivity index (χ1v) is 4.72. The minimum absolute atomic E-state index is 0.230. The van der Waals surface area contributed by atoms with E-state index in [4.69, 9.17) is 5.73 Å². The number of nitrogens with zero attached hydrogens (tertiary/aromatic N) is 1. The molecule has 1 aliphatic rings. The number of hydrogen-bond acceptors (Lipinski definition) is 3. The smallest absolute Gasteiger partial charge is 0.318 e. The predicted octanol–water partition coefficient (Wildman–Crippen LogP) is 0.784. The van der Waals surface area contributed by atoms with Crippen LogP contribution in [0.25, 0.3) is 0 Å². The SMILES string of the molecule is CC1(C)CN=C(NC(N)=O)SC1. The van der Waals surface area contributed by atoms with Crippen molar-refractivity contribution in [2.45, 2.75) is 13.8 Å². The highest BCUT2D eigenvalue weighted by molar-refractivity contribution is 8.13. The molecule has 1 heterocycles. The van der Waals surface area contributed by atoms with Crippen molar-refractivity contribution < 1.29 is 4.79 Å². The van der Waals surface area contributed by atoms with Crippen molar-refractivity contribution in [2.75, 3.05) is 12.3 Å². The van der Waals surface area contributed by atoms with Gasteiger partial charge < -0.3 is 5.73 Å². The Bertz CT molecular complexity index is 225. The van der Waals surface area contributed by atoms with Crippen molar-refractivity contribution in [1.29, 1.82) is 0 Å². The van der Waals surface area contributed by atoms with Crippen molar-refractivity contribution in [2.24, 2.45) is 16.1 Å². The highest BCUT2D eigenvalue weighted by Gasteiger charge is 2.23. The third-order valence-electron chi connectivity index (χ3n) is 1.48. The number of primary amides is 1. The number of carbonyl (C=O) groups is 1. The van der Waals surface area contributed by atoms with Crippen molar-refractivity contribution in [3.05, 3.63) is 0 Å². The fraction of sp³-hybridized carbons (Fsp3) is 0.714. The second-order valence-corrected chi connectivity index (χ2v) is 4.53. The first-order valence-electron chi connectivity index (χ1n) is 3.73. The summed E-state index contributed by atoms with van der Waals surface area (Å²) < 4.78 is 0. The molecule has 0 saturated heterocycles. The molecule has 0 aromatic rings. The number of thioether (sulfide) groups is 1. The van der Waals surface area contributed by atoms with E-state index in [-0.39, 0.29) is 5.41 Å². The zero-order chi connectivity index (χ0) is 9.19. The summed E-state index contributed by atoms with van der Waals surface area (Å²) >= 11 is 1.54. The molecule has 0 aromatic heterocycles. The Kier molecular flexibility index (Phi) is 2.62. The first kappa shape index (κ1) is 9.38. The van der Waals surface area contributed by atoms with Crippen LogP contribution < -0.4 is 11.1 Å². The summed E-state index contributed by atoms with van der Waals surface area (Å²) in [4.78, 5) is 14.6. The molecule has 0 unspecified atom stereocenters. The van der Waals surface area contributed by atoms with Gasteiger partial charge in [0.15, 0.2) is 5.17 Å². The van der Waals surface area contributed by atoms with Crippen LogP contribution >= 0.6 is 11.8 Å². The minimum Gasteiger partial charge on any atom is -0.351 e. The molecule has 0 bridgehead atoms. The van der Waals surface area contributed by atoms with Crippen LogP contribution in [0.2, 0.25) is 0 Å². The van der Waals surface area contributed by atoms with Crippen LogP contribution in [-0.4, -0.2) is 23.5 Å². The molecular weight excluding hydrogens is 174 g/mol. The Morgan fingerprint density at radius 3 is 2.83 bits per heavy atom. The second kappa shape index (κ2) is 3.35. The van der Waals surface area contributed by atoms with E-state index in [2.05, 4.69) is 24.2 Å². The standard InChI is InChI=1S/C7H13N3OS/c1-7(2)3-9-6(12-4-7)10-5(8)11/h3-4H2,1-2H3,(H3,8,9,10,11). The van der Waals surface area contributed by atoms with Gasteiger partial charge in [0.2, 0.25) is 0 Å². The summed E-state index contributed by atoms with van der Waals surface area (Å²) in [5.74, 6) is 0.964. The highest BCUT2D eigenvalue weighted by Crippen LogP contribution is 2.26. The Hall–Kier alpha value is -0.710. The number of amides is 2. The fourth-order valence-corrected chi connectivity index (χ4v) is 1.77. The molecule has 3 N–H and O–H groups in total. The summed E-state index contributed by atoms with van der Waals surface area (Å²) in [5, 5.41) is 3.11. The number of amidine groups is 1. The number of carbonyl (C=O) groups excluding carboxylic acids is 1. The quantitative estimate of drug-likeness (QED) is 0.588. The molecular formula is C7H13N3OS. The summed E-state index contributed by atoms with van der Waals surface area (Å²) in [5.41, 5.74) is 5.18. The van der Waals surface area contributed by atoms with Crippen molar-refractivity contribution in [3.63, 3.8) is 0 Å². The summed E-state index contributed by atoms with van der Waals surface area (Å²) in [6.45, 7) is 5.03. The van der Waals surface area contributed by atoms with Gasteiger partial charge in [-0.05, 0) is 5.41 Å².